The summed E-state index contributed by atoms with van der Waals surface area (Å²) >= 11 is 3.31. The molecule has 2 aliphatic heterocycles. The van der Waals surface area contributed by atoms with E-state index >= 15 is 0 Å². The van der Waals surface area contributed by atoms with Crippen molar-refractivity contribution < 1.29 is 9.53 Å². The Kier molecular flexibility index (Phi) is 4.72. The van der Waals surface area contributed by atoms with E-state index in [9.17, 15) is 4.79 Å². The first-order valence-electron chi connectivity index (χ1n) is 8.46. The Morgan fingerprint density at radius 3 is 2.75 bits per heavy atom. The van der Waals surface area contributed by atoms with E-state index in [-0.39, 0.29) is 17.6 Å². The number of amides is 1. The summed E-state index contributed by atoms with van der Waals surface area (Å²) in [5.41, 5.74) is -0.0284. The van der Waals surface area contributed by atoms with Gasteiger partial charge < -0.3 is 10.1 Å². The van der Waals surface area contributed by atoms with Gasteiger partial charge in [0.05, 0.1) is 23.1 Å². The summed E-state index contributed by atoms with van der Waals surface area (Å²) in [4.78, 5) is 16.9. The van der Waals surface area contributed by atoms with Gasteiger partial charge in [0.25, 0.3) is 5.91 Å². The maximum absolute atomic E-state index is 12.2. The van der Waals surface area contributed by atoms with Crippen LogP contribution in [0.1, 0.15) is 33.8 Å². The molecule has 0 aromatic carbocycles. The topological polar surface area (TPSA) is 41.6 Å². The highest BCUT2D eigenvalue weighted by Gasteiger charge is 2.43. The van der Waals surface area contributed by atoms with E-state index in [0.29, 0.717) is 6.61 Å². The molecule has 6 heteroatoms. The fraction of sp³-hybridized carbons (Fsp3) is 0.500. The number of piperidine rings is 1. The maximum Gasteiger partial charge on any atom is 0.261 e. The lowest BCUT2D eigenvalue weighted by atomic mass is 9.87. The lowest BCUT2D eigenvalue weighted by molar-refractivity contribution is -0.0447. The van der Waals surface area contributed by atoms with Crippen LogP contribution in [0.2, 0.25) is 0 Å². The van der Waals surface area contributed by atoms with Crippen LogP contribution in [0, 0.1) is 0 Å². The van der Waals surface area contributed by atoms with Gasteiger partial charge in [-0.3, -0.25) is 9.69 Å². The molecule has 2 aromatic rings. The number of likely N-dealkylation sites (tertiary alicyclic amines) is 1. The summed E-state index contributed by atoms with van der Waals surface area (Å²) < 4.78 is 6.16. The second kappa shape index (κ2) is 6.96. The molecule has 1 amide bonds. The molecular weight excluding hydrogens is 340 g/mol. The van der Waals surface area contributed by atoms with Gasteiger partial charge in [-0.2, -0.15) is 0 Å². The Bertz CT molecular complexity index is 661. The summed E-state index contributed by atoms with van der Waals surface area (Å²) in [5.74, 6) is 0.0331. The van der Waals surface area contributed by atoms with Crippen LogP contribution < -0.4 is 5.32 Å². The first kappa shape index (κ1) is 16.3. The van der Waals surface area contributed by atoms with E-state index in [4.69, 9.17) is 4.74 Å². The second-order valence-electron chi connectivity index (χ2n) is 6.70. The van der Waals surface area contributed by atoms with Crippen molar-refractivity contribution in [3.63, 3.8) is 0 Å². The third-order valence-electron chi connectivity index (χ3n) is 5.02. The number of carbonyl (C=O) groups excluding carboxylic acids is 1. The van der Waals surface area contributed by atoms with E-state index in [1.807, 2.05) is 28.8 Å². The van der Waals surface area contributed by atoms with Crippen molar-refractivity contribution in [2.45, 2.75) is 37.5 Å². The highest BCUT2D eigenvalue weighted by Crippen LogP contribution is 2.36. The number of thiophene rings is 2. The van der Waals surface area contributed by atoms with Gasteiger partial charge in [-0.05, 0) is 42.2 Å². The minimum atomic E-state index is -0.0284. The maximum atomic E-state index is 12.2. The number of nitrogens with zero attached hydrogens (tertiary/aromatic N) is 1. The molecule has 0 bridgehead atoms. The molecule has 1 N–H and O–H groups in total. The predicted octanol–water partition coefficient (Wildman–Crippen LogP) is 3.36. The summed E-state index contributed by atoms with van der Waals surface area (Å²) in [7, 11) is 0. The highest BCUT2D eigenvalue weighted by atomic mass is 32.1. The van der Waals surface area contributed by atoms with Gasteiger partial charge in [0.15, 0.2) is 0 Å². The fourth-order valence-corrected chi connectivity index (χ4v) is 5.06. The van der Waals surface area contributed by atoms with Crippen LogP contribution in [-0.2, 0) is 11.3 Å². The van der Waals surface area contributed by atoms with Crippen LogP contribution in [0.3, 0.4) is 0 Å². The normalized spacial score (nSPS) is 23.6. The van der Waals surface area contributed by atoms with Crippen LogP contribution >= 0.6 is 22.7 Å². The molecule has 0 radical (unpaired) electrons. The van der Waals surface area contributed by atoms with E-state index in [1.165, 1.54) is 16.2 Å². The van der Waals surface area contributed by atoms with Gasteiger partial charge in [0, 0.05) is 24.5 Å². The Labute approximate surface area is 150 Å². The molecule has 2 aliphatic rings. The van der Waals surface area contributed by atoms with E-state index in [0.717, 1.165) is 43.8 Å². The van der Waals surface area contributed by atoms with Gasteiger partial charge in [-0.1, -0.05) is 12.1 Å². The fourth-order valence-electron chi connectivity index (χ4n) is 3.69. The highest BCUT2D eigenvalue weighted by molar-refractivity contribution is 7.12. The van der Waals surface area contributed by atoms with Gasteiger partial charge in [0.2, 0.25) is 0 Å². The molecule has 2 aromatic heterocycles. The SMILES string of the molecule is O=C(NC1COC2(CCN(Cc3cccs3)CC2)C1)c1cccs1. The third-order valence-corrected chi connectivity index (χ3v) is 6.75. The average molecular weight is 363 g/mol. The summed E-state index contributed by atoms with van der Waals surface area (Å²) in [6.45, 7) is 3.83. The number of carbonyl (C=O) groups is 1. The molecule has 0 saturated carbocycles. The minimum absolute atomic E-state index is 0.0284. The summed E-state index contributed by atoms with van der Waals surface area (Å²) in [6, 6.07) is 8.25. The van der Waals surface area contributed by atoms with Crippen molar-refractivity contribution in [1.29, 1.82) is 0 Å². The first-order valence-corrected chi connectivity index (χ1v) is 10.2. The molecular formula is C18H22N2O2S2. The number of ether oxygens (including phenoxy) is 1. The smallest absolute Gasteiger partial charge is 0.261 e. The molecule has 128 valence electrons. The largest absolute Gasteiger partial charge is 0.373 e. The van der Waals surface area contributed by atoms with Crippen molar-refractivity contribution in [2.75, 3.05) is 19.7 Å². The van der Waals surface area contributed by atoms with Gasteiger partial charge in [-0.15, -0.1) is 22.7 Å². The Morgan fingerprint density at radius 2 is 2.04 bits per heavy atom. The Balaban J connectivity index is 1.28. The second-order valence-corrected chi connectivity index (χ2v) is 8.68. The van der Waals surface area contributed by atoms with Crippen LogP contribution in [0.5, 0.6) is 0 Å². The summed E-state index contributed by atoms with van der Waals surface area (Å²) in [5, 5.41) is 7.21. The third kappa shape index (κ3) is 3.57. The van der Waals surface area contributed by atoms with Crippen LogP contribution in [0.4, 0.5) is 0 Å². The molecule has 4 rings (SSSR count). The number of hydrogen-bond acceptors (Lipinski definition) is 5. The molecule has 1 unspecified atom stereocenters. The first-order chi connectivity index (χ1) is 11.7. The van der Waals surface area contributed by atoms with Gasteiger partial charge >= 0.3 is 0 Å². The van der Waals surface area contributed by atoms with Gasteiger partial charge in [-0.25, -0.2) is 0 Å². The molecule has 1 atom stereocenters. The molecule has 4 heterocycles. The van der Waals surface area contributed by atoms with E-state index in [1.54, 1.807) is 0 Å². The zero-order valence-electron chi connectivity index (χ0n) is 13.6. The zero-order valence-corrected chi connectivity index (χ0v) is 15.2. The van der Waals surface area contributed by atoms with Crippen molar-refractivity contribution in [3.8, 4) is 0 Å². The molecule has 0 aliphatic carbocycles. The van der Waals surface area contributed by atoms with Crippen LogP contribution in [-0.4, -0.2) is 42.1 Å². The number of nitrogens with one attached hydrogen (secondary N) is 1. The Hall–Kier alpha value is -1.21. The number of rotatable bonds is 4. The lowest BCUT2D eigenvalue weighted by Gasteiger charge is -2.38. The lowest BCUT2D eigenvalue weighted by Crippen LogP contribution is -2.44. The Morgan fingerprint density at radius 1 is 1.25 bits per heavy atom. The van der Waals surface area contributed by atoms with Crippen molar-refractivity contribution in [1.82, 2.24) is 10.2 Å². The van der Waals surface area contributed by atoms with Crippen LogP contribution in [0.15, 0.2) is 35.0 Å². The molecule has 24 heavy (non-hydrogen) atoms. The zero-order chi connectivity index (χ0) is 16.4. The average Bonchev–Trinajstić information content (AvgIpc) is 3.33. The van der Waals surface area contributed by atoms with Crippen molar-refractivity contribution >= 4 is 28.6 Å². The quantitative estimate of drug-likeness (QED) is 0.907. The van der Waals surface area contributed by atoms with Crippen LogP contribution in [0.25, 0.3) is 0 Å². The molecule has 2 fully saturated rings. The monoisotopic (exact) mass is 362 g/mol. The van der Waals surface area contributed by atoms with Crippen molar-refractivity contribution in [3.05, 3.63) is 44.8 Å². The molecule has 4 nitrogen and oxygen atoms in total. The molecule has 1 spiro atoms. The van der Waals surface area contributed by atoms with E-state index in [2.05, 4.69) is 27.7 Å². The predicted molar refractivity (Wildman–Crippen MR) is 97.7 cm³/mol. The minimum Gasteiger partial charge on any atom is -0.373 e. The van der Waals surface area contributed by atoms with Crippen molar-refractivity contribution in [2.24, 2.45) is 0 Å². The standard InChI is InChI=1S/C18H22N2O2S2/c21-17(16-4-2-10-24-16)19-14-11-18(22-13-14)5-7-20(8-6-18)12-15-3-1-9-23-15/h1-4,9-10,14H,5-8,11-13H2,(H,19,21). The molecule has 2 saturated heterocycles. The van der Waals surface area contributed by atoms with Gasteiger partial charge in [0.1, 0.15) is 0 Å². The van der Waals surface area contributed by atoms with E-state index < -0.39 is 0 Å². The summed E-state index contributed by atoms with van der Waals surface area (Å²) in [6.07, 6.45) is 3.06. The number of hydrogen-bond donors (Lipinski definition) is 1.